The molecule has 0 fully saturated rings. The molecule has 0 heterocycles. The number of nitrogens with zero attached hydrogens (tertiary/aromatic N) is 1. The lowest BCUT2D eigenvalue weighted by molar-refractivity contribution is 0.521. The molecule has 0 aliphatic heterocycles. The lowest BCUT2D eigenvalue weighted by atomic mass is 10.0. The molecule has 0 saturated heterocycles. The highest BCUT2D eigenvalue weighted by Crippen LogP contribution is 2.09. The van der Waals surface area contributed by atoms with Crippen molar-refractivity contribution < 1.29 is 0 Å². The van der Waals surface area contributed by atoms with Gasteiger partial charge in [-0.3, -0.25) is 0 Å². The maximum atomic E-state index is 8.26. The molecule has 1 heteroatoms. The monoisotopic (exact) mass is 153 g/mol. The molecular formula is C10H19N. The normalized spacial score (nSPS) is 10.0. The van der Waals surface area contributed by atoms with Crippen molar-refractivity contribution >= 4 is 0 Å². The van der Waals surface area contributed by atoms with Crippen molar-refractivity contribution in [1.29, 1.82) is 5.26 Å². The summed E-state index contributed by atoms with van der Waals surface area (Å²) < 4.78 is 0. The third-order valence-corrected chi connectivity index (χ3v) is 1.82. The molecule has 0 N–H and O–H groups in total. The average Bonchev–Trinajstić information content (AvgIpc) is 1.96. The summed E-state index contributed by atoms with van der Waals surface area (Å²) in [5.74, 6) is 0.839. The summed E-state index contributed by atoms with van der Waals surface area (Å²) in [5, 5.41) is 8.26. The second kappa shape index (κ2) is 7.60. The van der Waals surface area contributed by atoms with E-state index in [0.717, 1.165) is 18.8 Å². The highest BCUT2D eigenvalue weighted by molar-refractivity contribution is 4.67. The molecule has 0 aromatic heterocycles. The minimum Gasteiger partial charge on any atom is -0.198 e. The predicted molar refractivity (Wildman–Crippen MR) is 48.2 cm³/mol. The van der Waals surface area contributed by atoms with Gasteiger partial charge in [0.1, 0.15) is 0 Å². The zero-order valence-corrected chi connectivity index (χ0v) is 7.77. The Hall–Kier alpha value is -0.510. The molecule has 64 valence electrons. The zero-order chi connectivity index (χ0) is 8.53. The van der Waals surface area contributed by atoms with E-state index in [1.165, 1.54) is 25.7 Å². The fourth-order valence-electron chi connectivity index (χ4n) is 1.11. The standard InChI is InChI=1S/C10H19N/c1-10(2)8-6-4-3-5-7-9-11/h10H,3-8H2,1-2H3. The van der Waals surface area contributed by atoms with Crippen molar-refractivity contribution in [3.8, 4) is 6.07 Å². The molecular weight excluding hydrogens is 134 g/mol. The van der Waals surface area contributed by atoms with E-state index >= 15 is 0 Å². The minimum atomic E-state index is 0.738. The van der Waals surface area contributed by atoms with E-state index < -0.39 is 0 Å². The summed E-state index contributed by atoms with van der Waals surface area (Å²) >= 11 is 0. The first kappa shape index (κ1) is 10.5. The first-order chi connectivity index (χ1) is 5.27. The molecule has 0 spiro atoms. The van der Waals surface area contributed by atoms with Crippen molar-refractivity contribution in [2.45, 2.75) is 52.4 Å². The van der Waals surface area contributed by atoms with E-state index in [9.17, 15) is 0 Å². The Morgan fingerprint density at radius 1 is 1.09 bits per heavy atom. The Bertz CT molecular complexity index is 111. The van der Waals surface area contributed by atoms with Crippen LogP contribution in [0.1, 0.15) is 52.4 Å². The quantitative estimate of drug-likeness (QED) is 0.536. The molecule has 0 atom stereocenters. The number of unbranched alkanes of at least 4 members (excludes halogenated alkanes) is 4. The molecule has 11 heavy (non-hydrogen) atoms. The molecule has 0 aromatic rings. The molecule has 0 aliphatic rings. The van der Waals surface area contributed by atoms with E-state index in [1.54, 1.807) is 0 Å². The molecule has 0 unspecified atom stereocenters. The summed E-state index contributed by atoms with van der Waals surface area (Å²) in [6, 6.07) is 2.17. The van der Waals surface area contributed by atoms with Gasteiger partial charge in [0.05, 0.1) is 6.07 Å². The van der Waals surface area contributed by atoms with Gasteiger partial charge in [0.2, 0.25) is 0 Å². The van der Waals surface area contributed by atoms with Gasteiger partial charge in [0, 0.05) is 6.42 Å². The second-order valence-electron chi connectivity index (χ2n) is 3.50. The van der Waals surface area contributed by atoms with Gasteiger partial charge < -0.3 is 0 Å². The molecule has 0 amide bonds. The Labute approximate surface area is 70.4 Å². The summed E-state index contributed by atoms with van der Waals surface area (Å²) in [6.07, 6.45) is 7.05. The van der Waals surface area contributed by atoms with Crippen LogP contribution in [-0.4, -0.2) is 0 Å². The van der Waals surface area contributed by atoms with Crippen molar-refractivity contribution in [2.24, 2.45) is 5.92 Å². The van der Waals surface area contributed by atoms with Crippen LogP contribution in [-0.2, 0) is 0 Å². The van der Waals surface area contributed by atoms with Crippen molar-refractivity contribution in [1.82, 2.24) is 0 Å². The molecule has 1 nitrogen and oxygen atoms in total. The molecule has 0 aromatic carbocycles. The van der Waals surface area contributed by atoms with Gasteiger partial charge in [0.15, 0.2) is 0 Å². The number of rotatable bonds is 6. The van der Waals surface area contributed by atoms with E-state index in [1.807, 2.05) is 0 Å². The lowest BCUT2D eigenvalue weighted by Crippen LogP contribution is -1.86. The first-order valence-corrected chi connectivity index (χ1v) is 4.64. The maximum Gasteiger partial charge on any atom is 0.0621 e. The van der Waals surface area contributed by atoms with Crippen LogP contribution in [0, 0.1) is 17.2 Å². The summed E-state index contributed by atoms with van der Waals surface area (Å²) in [5.41, 5.74) is 0. The number of hydrogen-bond acceptors (Lipinski definition) is 1. The summed E-state index contributed by atoms with van der Waals surface area (Å²) in [6.45, 7) is 4.52. The third-order valence-electron chi connectivity index (χ3n) is 1.82. The van der Waals surface area contributed by atoms with Crippen LogP contribution in [0.4, 0.5) is 0 Å². The average molecular weight is 153 g/mol. The van der Waals surface area contributed by atoms with Crippen LogP contribution < -0.4 is 0 Å². The Morgan fingerprint density at radius 3 is 2.27 bits per heavy atom. The molecule has 0 aliphatic carbocycles. The predicted octanol–water partition coefficient (Wildman–Crippen LogP) is 3.51. The molecule has 0 radical (unpaired) electrons. The van der Waals surface area contributed by atoms with Crippen LogP contribution in [0.15, 0.2) is 0 Å². The second-order valence-corrected chi connectivity index (χ2v) is 3.50. The zero-order valence-electron chi connectivity index (χ0n) is 7.77. The van der Waals surface area contributed by atoms with E-state index in [0.29, 0.717) is 0 Å². The molecule has 0 bridgehead atoms. The molecule has 0 rings (SSSR count). The summed E-state index contributed by atoms with van der Waals surface area (Å²) in [7, 11) is 0. The van der Waals surface area contributed by atoms with Crippen LogP contribution in [0.25, 0.3) is 0 Å². The topological polar surface area (TPSA) is 23.8 Å². The Morgan fingerprint density at radius 2 is 1.73 bits per heavy atom. The van der Waals surface area contributed by atoms with Gasteiger partial charge in [-0.2, -0.15) is 5.26 Å². The Kier molecular flexibility index (Phi) is 7.24. The van der Waals surface area contributed by atoms with E-state index in [-0.39, 0.29) is 0 Å². The van der Waals surface area contributed by atoms with E-state index in [2.05, 4.69) is 19.9 Å². The Balaban J connectivity index is 2.86. The SMILES string of the molecule is CC(C)CCCCCCC#N. The minimum absolute atomic E-state index is 0.738. The lowest BCUT2D eigenvalue weighted by Gasteiger charge is -2.02. The fourth-order valence-corrected chi connectivity index (χ4v) is 1.11. The van der Waals surface area contributed by atoms with Gasteiger partial charge in [-0.05, 0) is 12.3 Å². The number of nitriles is 1. The largest absolute Gasteiger partial charge is 0.198 e. The number of hydrogen-bond donors (Lipinski definition) is 0. The van der Waals surface area contributed by atoms with Gasteiger partial charge >= 0.3 is 0 Å². The highest BCUT2D eigenvalue weighted by Gasteiger charge is 1.93. The third kappa shape index (κ3) is 9.49. The van der Waals surface area contributed by atoms with Crippen LogP contribution in [0.5, 0.6) is 0 Å². The van der Waals surface area contributed by atoms with Crippen LogP contribution in [0.3, 0.4) is 0 Å². The van der Waals surface area contributed by atoms with Crippen LogP contribution in [0.2, 0.25) is 0 Å². The fraction of sp³-hybridized carbons (Fsp3) is 0.900. The first-order valence-electron chi connectivity index (χ1n) is 4.64. The van der Waals surface area contributed by atoms with Crippen molar-refractivity contribution in [3.63, 3.8) is 0 Å². The van der Waals surface area contributed by atoms with Gasteiger partial charge in [-0.25, -0.2) is 0 Å². The smallest absolute Gasteiger partial charge is 0.0621 e. The molecule has 0 saturated carbocycles. The highest BCUT2D eigenvalue weighted by atomic mass is 14.2. The van der Waals surface area contributed by atoms with Crippen molar-refractivity contribution in [3.05, 3.63) is 0 Å². The van der Waals surface area contributed by atoms with Gasteiger partial charge in [-0.1, -0.05) is 39.5 Å². The van der Waals surface area contributed by atoms with Gasteiger partial charge in [0.25, 0.3) is 0 Å². The summed E-state index contributed by atoms with van der Waals surface area (Å²) in [4.78, 5) is 0. The van der Waals surface area contributed by atoms with Gasteiger partial charge in [-0.15, -0.1) is 0 Å². The van der Waals surface area contributed by atoms with E-state index in [4.69, 9.17) is 5.26 Å². The van der Waals surface area contributed by atoms with Crippen molar-refractivity contribution in [2.75, 3.05) is 0 Å². The van der Waals surface area contributed by atoms with Crippen LogP contribution >= 0.6 is 0 Å². The maximum absolute atomic E-state index is 8.26.